The molecule has 6 heteroatoms. The van der Waals surface area contributed by atoms with Gasteiger partial charge >= 0.3 is 0 Å². The van der Waals surface area contributed by atoms with Gasteiger partial charge < -0.3 is 9.88 Å². The Bertz CT molecular complexity index is 652. The number of hydrogen-bond donors (Lipinski definition) is 1. The lowest BCUT2D eigenvalue weighted by Gasteiger charge is -2.05. The van der Waals surface area contributed by atoms with Crippen molar-refractivity contribution in [2.24, 2.45) is 7.05 Å². The van der Waals surface area contributed by atoms with Gasteiger partial charge in [0.25, 0.3) is 11.5 Å². The van der Waals surface area contributed by atoms with Crippen LogP contribution in [0.1, 0.15) is 10.4 Å². The lowest BCUT2D eigenvalue weighted by Crippen LogP contribution is -2.20. The summed E-state index contributed by atoms with van der Waals surface area (Å²) >= 11 is 3.26. The van der Waals surface area contributed by atoms with Gasteiger partial charge in [-0.1, -0.05) is 0 Å². The molecule has 0 aliphatic rings. The summed E-state index contributed by atoms with van der Waals surface area (Å²) in [6.45, 7) is 0. The lowest BCUT2D eigenvalue weighted by molar-refractivity contribution is 0.102. The van der Waals surface area contributed by atoms with Crippen LogP contribution in [0.4, 0.5) is 5.69 Å². The van der Waals surface area contributed by atoms with Crippen molar-refractivity contribution >= 4 is 27.5 Å². The average molecular weight is 308 g/mol. The van der Waals surface area contributed by atoms with E-state index >= 15 is 0 Å². The van der Waals surface area contributed by atoms with Gasteiger partial charge in [0.05, 0.1) is 11.9 Å². The number of rotatable bonds is 2. The van der Waals surface area contributed by atoms with E-state index in [0.717, 1.165) is 4.47 Å². The molecule has 0 saturated carbocycles. The van der Waals surface area contributed by atoms with Crippen LogP contribution in [0.2, 0.25) is 0 Å². The fraction of sp³-hybridized carbons (Fsp3) is 0.0833. The number of carbonyl (C=O) groups is 1. The van der Waals surface area contributed by atoms with Gasteiger partial charge in [-0.05, 0) is 28.1 Å². The molecule has 2 aromatic rings. The highest BCUT2D eigenvalue weighted by Gasteiger charge is 2.07. The van der Waals surface area contributed by atoms with Crippen LogP contribution in [0.15, 0.2) is 46.1 Å². The van der Waals surface area contributed by atoms with Crippen molar-refractivity contribution in [2.45, 2.75) is 0 Å². The fourth-order valence-corrected chi connectivity index (χ4v) is 1.74. The molecule has 0 saturated heterocycles. The Morgan fingerprint density at radius 1 is 1.39 bits per heavy atom. The first-order chi connectivity index (χ1) is 8.56. The number of amides is 1. The van der Waals surface area contributed by atoms with Gasteiger partial charge in [0, 0.05) is 35.5 Å². The molecule has 2 rings (SSSR count). The van der Waals surface area contributed by atoms with Crippen molar-refractivity contribution in [3.8, 4) is 0 Å². The first-order valence-corrected chi connectivity index (χ1v) is 5.94. The summed E-state index contributed by atoms with van der Waals surface area (Å²) in [7, 11) is 1.63. The van der Waals surface area contributed by atoms with Gasteiger partial charge in [0.1, 0.15) is 0 Å². The van der Waals surface area contributed by atoms with Gasteiger partial charge in [-0.2, -0.15) is 0 Å². The third-order valence-corrected chi connectivity index (χ3v) is 2.76. The van der Waals surface area contributed by atoms with Crippen molar-refractivity contribution in [3.05, 3.63) is 57.2 Å². The molecule has 1 N–H and O–H groups in total. The van der Waals surface area contributed by atoms with Crippen molar-refractivity contribution in [2.75, 3.05) is 5.32 Å². The zero-order chi connectivity index (χ0) is 13.1. The molecule has 2 heterocycles. The fourth-order valence-electron chi connectivity index (χ4n) is 1.37. The highest BCUT2D eigenvalue weighted by molar-refractivity contribution is 9.10. The zero-order valence-corrected chi connectivity index (χ0v) is 11.1. The van der Waals surface area contributed by atoms with Crippen LogP contribution >= 0.6 is 15.9 Å². The Balaban J connectivity index is 2.22. The van der Waals surface area contributed by atoms with E-state index in [1.807, 2.05) is 0 Å². The van der Waals surface area contributed by atoms with Crippen LogP contribution < -0.4 is 10.9 Å². The summed E-state index contributed by atoms with van der Waals surface area (Å²) in [5.41, 5.74) is 0.656. The summed E-state index contributed by atoms with van der Waals surface area (Å²) in [4.78, 5) is 27.2. The van der Waals surface area contributed by atoms with Crippen LogP contribution in [-0.4, -0.2) is 15.5 Å². The number of aryl methyl sites for hydroxylation is 1. The number of nitrogens with zero attached hydrogens (tertiary/aromatic N) is 2. The molecular formula is C12H10BrN3O2. The van der Waals surface area contributed by atoms with Crippen LogP contribution in [0, 0.1) is 0 Å². The SMILES string of the molecule is Cn1ccc(C(=O)Nc2cncc(Br)c2)cc1=O. The first kappa shape index (κ1) is 12.5. The number of hydrogen-bond acceptors (Lipinski definition) is 3. The van der Waals surface area contributed by atoms with E-state index in [1.165, 1.54) is 16.8 Å². The van der Waals surface area contributed by atoms with Crippen LogP contribution in [-0.2, 0) is 7.05 Å². The number of nitrogens with one attached hydrogen (secondary N) is 1. The lowest BCUT2D eigenvalue weighted by atomic mass is 10.2. The van der Waals surface area contributed by atoms with E-state index in [-0.39, 0.29) is 11.5 Å². The summed E-state index contributed by atoms with van der Waals surface area (Å²) in [5, 5.41) is 2.67. The summed E-state index contributed by atoms with van der Waals surface area (Å²) in [6.07, 6.45) is 4.70. The van der Waals surface area contributed by atoms with Crippen molar-refractivity contribution in [1.82, 2.24) is 9.55 Å². The minimum absolute atomic E-state index is 0.227. The quantitative estimate of drug-likeness (QED) is 0.920. The molecule has 0 radical (unpaired) electrons. The molecule has 0 aliphatic carbocycles. The van der Waals surface area contributed by atoms with Gasteiger partial charge in [0.2, 0.25) is 0 Å². The minimum Gasteiger partial charge on any atom is -0.321 e. The second-order valence-corrected chi connectivity index (χ2v) is 4.63. The third kappa shape index (κ3) is 2.84. The smallest absolute Gasteiger partial charge is 0.255 e. The molecule has 92 valence electrons. The Kier molecular flexibility index (Phi) is 3.57. The topological polar surface area (TPSA) is 64.0 Å². The molecule has 0 aromatic carbocycles. The van der Waals surface area contributed by atoms with Gasteiger partial charge in [-0.3, -0.25) is 14.6 Å². The number of pyridine rings is 2. The molecule has 0 fully saturated rings. The molecule has 5 nitrogen and oxygen atoms in total. The van der Waals surface area contributed by atoms with Crippen LogP contribution in [0.5, 0.6) is 0 Å². The highest BCUT2D eigenvalue weighted by Crippen LogP contribution is 2.14. The number of anilines is 1. The molecule has 0 spiro atoms. The maximum atomic E-state index is 11.9. The summed E-state index contributed by atoms with van der Waals surface area (Å²) in [6, 6.07) is 4.61. The number of aromatic nitrogens is 2. The molecule has 2 aromatic heterocycles. The molecule has 0 unspecified atom stereocenters. The van der Waals surface area contributed by atoms with Gasteiger partial charge in [-0.25, -0.2) is 0 Å². The highest BCUT2D eigenvalue weighted by atomic mass is 79.9. The van der Waals surface area contributed by atoms with Crippen molar-refractivity contribution in [1.29, 1.82) is 0 Å². The second-order valence-electron chi connectivity index (χ2n) is 3.71. The normalized spacial score (nSPS) is 10.1. The van der Waals surface area contributed by atoms with E-state index in [1.54, 1.807) is 31.6 Å². The third-order valence-electron chi connectivity index (χ3n) is 2.33. The monoisotopic (exact) mass is 307 g/mol. The maximum Gasteiger partial charge on any atom is 0.255 e. The van der Waals surface area contributed by atoms with Crippen LogP contribution in [0.25, 0.3) is 0 Å². The Morgan fingerprint density at radius 3 is 2.83 bits per heavy atom. The van der Waals surface area contributed by atoms with E-state index in [0.29, 0.717) is 11.3 Å². The summed E-state index contributed by atoms with van der Waals surface area (Å²) < 4.78 is 2.17. The Labute approximate surface area is 112 Å². The van der Waals surface area contributed by atoms with E-state index < -0.39 is 0 Å². The van der Waals surface area contributed by atoms with Gasteiger partial charge in [0.15, 0.2) is 0 Å². The standard InChI is InChI=1S/C12H10BrN3O2/c1-16-3-2-8(4-11(16)17)12(18)15-10-5-9(13)6-14-7-10/h2-7H,1H3,(H,15,18). The molecule has 1 amide bonds. The predicted molar refractivity (Wildman–Crippen MR) is 71.6 cm³/mol. The van der Waals surface area contributed by atoms with Crippen molar-refractivity contribution < 1.29 is 4.79 Å². The van der Waals surface area contributed by atoms with E-state index in [9.17, 15) is 9.59 Å². The van der Waals surface area contributed by atoms with E-state index in [2.05, 4.69) is 26.2 Å². The number of halogens is 1. The summed E-state index contributed by atoms with van der Waals surface area (Å²) in [5.74, 6) is -0.340. The van der Waals surface area contributed by atoms with Crippen LogP contribution in [0.3, 0.4) is 0 Å². The Hall–Kier alpha value is -1.95. The number of carbonyl (C=O) groups excluding carboxylic acids is 1. The molecule has 0 atom stereocenters. The molecule has 0 aliphatic heterocycles. The molecule has 0 bridgehead atoms. The maximum absolute atomic E-state index is 11.9. The zero-order valence-electron chi connectivity index (χ0n) is 9.55. The Morgan fingerprint density at radius 2 is 2.17 bits per heavy atom. The van der Waals surface area contributed by atoms with Gasteiger partial charge in [-0.15, -0.1) is 0 Å². The second kappa shape index (κ2) is 5.14. The van der Waals surface area contributed by atoms with E-state index in [4.69, 9.17) is 0 Å². The molecular weight excluding hydrogens is 298 g/mol. The minimum atomic E-state index is -0.340. The molecule has 18 heavy (non-hydrogen) atoms. The largest absolute Gasteiger partial charge is 0.321 e. The predicted octanol–water partition coefficient (Wildman–Crippen LogP) is 1.80. The average Bonchev–Trinajstić information content (AvgIpc) is 2.32. The first-order valence-electron chi connectivity index (χ1n) is 5.15. The van der Waals surface area contributed by atoms with Crippen molar-refractivity contribution in [3.63, 3.8) is 0 Å².